The minimum absolute atomic E-state index is 0.0183. The quantitative estimate of drug-likeness (QED) is 0.444. The summed E-state index contributed by atoms with van der Waals surface area (Å²) in [6.45, 7) is 2.51. The number of nitro benzene ring substituents is 1. The average molecular weight is 363 g/mol. The zero-order chi connectivity index (χ0) is 17.4. The lowest BCUT2D eigenvalue weighted by Crippen LogP contribution is -2.38. The van der Waals surface area contributed by atoms with Gasteiger partial charge in [0.15, 0.2) is 16.7 Å². The van der Waals surface area contributed by atoms with Crippen LogP contribution in [0.4, 0.5) is 5.69 Å². The predicted octanol–water partition coefficient (Wildman–Crippen LogP) is 1.63. The summed E-state index contributed by atoms with van der Waals surface area (Å²) in [4.78, 5) is 29.4. The van der Waals surface area contributed by atoms with Gasteiger partial charge < -0.3 is 19.1 Å². The Bertz CT molecular complexity index is 816. The Hall–Kier alpha value is -2.59. The number of hydrogen-bond donors (Lipinski definition) is 0. The molecule has 0 radical (unpaired) electrons. The Morgan fingerprint density at radius 3 is 2.68 bits per heavy atom. The lowest BCUT2D eigenvalue weighted by Gasteiger charge is -2.27. The number of benzene rings is 1. The van der Waals surface area contributed by atoms with Crippen LogP contribution in [0, 0.1) is 10.1 Å². The van der Waals surface area contributed by atoms with E-state index in [9.17, 15) is 14.9 Å². The van der Waals surface area contributed by atoms with Crippen LogP contribution >= 0.6 is 11.8 Å². The van der Waals surface area contributed by atoms with Gasteiger partial charge in [0.05, 0.1) is 34.7 Å². The first-order valence-electron chi connectivity index (χ1n) is 7.55. The highest BCUT2D eigenvalue weighted by Gasteiger charge is 2.29. The van der Waals surface area contributed by atoms with Crippen molar-refractivity contribution in [2.45, 2.75) is 0 Å². The standard InChI is InChI=1S/C15H13N3O6S/c19-14-13(25-15(16-14)17-1-3-22-4-2-17)6-9-5-11-12(24-8-23-11)7-10(9)18(20)21/h5-7H,1-4,8H2/b13-6-. The van der Waals surface area contributed by atoms with Crippen LogP contribution in [0.25, 0.3) is 6.08 Å². The highest BCUT2D eigenvalue weighted by atomic mass is 32.2. The van der Waals surface area contributed by atoms with E-state index in [0.29, 0.717) is 47.9 Å². The molecule has 10 heteroatoms. The summed E-state index contributed by atoms with van der Waals surface area (Å²) < 4.78 is 15.7. The summed E-state index contributed by atoms with van der Waals surface area (Å²) >= 11 is 1.21. The third kappa shape index (κ3) is 3.05. The Balaban J connectivity index is 1.63. The van der Waals surface area contributed by atoms with Crippen LogP contribution in [0.15, 0.2) is 22.0 Å². The van der Waals surface area contributed by atoms with Gasteiger partial charge in [0, 0.05) is 13.1 Å². The maximum Gasteiger partial charge on any atom is 0.286 e. The molecule has 0 bridgehead atoms. The van der Waals surface area contributed by atoms with Crippen LogP contribution in [0.5, 0.6) is 11.5 Å². The van der Waals surface area contributed by atoms with Gasteiger partial charge in [-0.15, -0.1) is 0 Å². The van der Waals surface area contributed by atoms with E-state index in [1.807, 2.05) is 4.90 Å². The molecule has 4 rings (SSSR count). The molecule has 0 aromatic heterocycles. The topological polar surface area (TPSA) is 104 Å². The number of rotatable bonds is 2. The van der Waals surface area contributed by atoms with E-state index in [1.165, 1.54) is 30.0 Å². The summed E-state index contributed by atoms with van der Waals surface area (Å²) in [6.07, 6.45) is 1.48. The maximum atomic E-state index is 12.2. The van der Waals surface area contributed by atoms with E-state index >= 15 is 0 Å². The second-order valence-electron chi connectivity index (χ2n) is 5.43. The number of morpholine rings is 1. The first-order valence-corrected chi connectivity index (χ1v) is 8.37. The van der Waals surface area contributed by atoms with Crippen LogP contribution in [0.3, 0.4) is 0 Å². The second kappa shape index (κ2) is 6.37. The fourth-order valence-electron chi connectivity index (χ4n) is 2.65. The smallest absolute Gasteiger partial charge is 0.286 e. The van der Waals surface area contributed by atoms with Gasteiger partial charge in [-0.2, -0.15) is 4.99 Å². The summed E-state index contributed by atoms with van der Waals surface area (Å²) in [7, 11) is 0. The molecule has 1 aromatic carbocycles. The number of ether oxygens (including phenoxy) is 3. The van der Waals surface area contributed by atoms with Crippen LogP contribution < -0.4 is 9.47 Å². The van der Waals surface area contributed by atoms with Gasteiger partial charge in [0.2, 0.25) is 6.79 Å². The first-order chi connectivity index (χ1) is 12.1. The second-order valence-corrected chi connectivity index (χ2v) is 6.44. The van der Waals surface area contributed by atoms with Crippen molar-refractivity contribution in [2.24, 2.45) is 4.99 Å². The third-order valence-electron chi connectivity index (χ3n) is 3.90. The number of nitrogens with zero attached hydrogens (tertiary/aromatic N) is 3. The van der Waals surface area contributed by atoms with Gasteiger partial charge in [0.1, 0.15) is 0 Å². The van der Waals surface area contributed by atoms with Crippen LogP contribution in [0.2, 0.25) is 0 Å². The molecule has 1 fully saturated rings. The van der Waals surface area contributed by atoms with Crippen LogP contribution in [0.1, 0.15) is 5.56 Å². The summed E-state index contributed by atoms with van der Waals surface area (Å²) in [5, 5.41) is 11.9. The fraction of sp³-hybridized carbons (Fsp3) is 0.333. The van der Waals surface area contributed by atoms with Crippen molar-refractivity contribution < 1.29 is 23.9 Å². The van der Waals surface area contributed by atoms with E-state index in [4.69, 9.17) is 14.2 Å². The third-order valence-corrected chi connectivity index (χ3v) is 4.94. The SMILES string of the molecule is O=C1N=C(N2CCOCC2)S/C1=C\c1cc2c(cc1[N+](=O)[O-])OCO2. The molecule has 1 aromatic rings. The molecule has 0 N–H and O–H groups in total. The van der Waals surface area contributed by atoms with Crippen molar-refractivity contribution >= 4 is 34.6 Å². The van der Waals surface area contributed by atoms with Gasteiger partial charge >= 0.3 is 0 Å². The van der Waals surface area contributed by atoms with Crippen molar-refractivity contribution in [3.63, 3.8) is 0 Å². The van der Waals surface area contributed by atoms with E-state index in [2.05, 4.69) is 4.99 Å². The van der Waals surface area contributed by atoms with Crippen molar-refractivity contribution in [3.8, 4) is 11.5 Å². The molecule has 25 heavy (non-hydrogen) atoms. The number of amides is 1. The first kappa shape index (κ1) is 15.9. The van der Waals surface area contributed by atoms with Crippen molar-refractivity contribution in [1.29, 1.82) is 0 Å². The van der Waals surface area contributed by atoms with Crippen molar-refractivity contribution in [2.75, 3.05) is 33.1 Å². The number of carbonyl (C=O) groups excluding carboxylic acids is 1. The predicted molar refractivity (Wildman–Crippen MR) is 89.6 cm³/mol. The Labute approximate surface area is 146 Å². The minimum atomic E-state index is -0.512. The Kier molecular flexibility index (Phi) is 4.06. The molecule has 3 heterocycles. The van der Waals surface area contributed by atoms with E-state index < -0.39 is 10.8 Å². The molecule has 130 valence electrons. The van der Waals surface area contributed by atoms with Crippen LogP contribution in [-0.2, 0) is 9.53 Å². The van der Waals surface area contributed by atoms with Crippen LogP contribution in [-0.4, -0.2) is 54.0 Å². The normalized spacial score (nSPS) is 21.0. The zero-order valence-electron chi connectivity index (χ0n) is 13.0. The number of fused-ring (bicyclic) bond motifs is 1. The fourth-order valence-corrected chi connectivity index (χ4v) is 3.61. The molecule has 0 saturated carbocycles. The van der Waals surface area contributed by atoms with Gasteiger partial charge in [-0.3, -0.25) is 14.9 Å². The molecular formula is C15H13N3O6S. The average Bonchev–Trinajstić information content (AvgIpc) is 3.21. The van der Waals surface area contributed by atoms with Crippen molar-refractivity contribution in [1.82, 2.24) is 4.90 Å². The summed E-state index contributed by atoms with van der Waals surface area (Å²) in [6, 6.07) is 2.82. The van der Waals surface area contributed by atoms with Gasteiger partial charge in [-0.05, 0) is 23.9 Å². The number of carbonyl (C=O) groups is 1. The Morgan fingerprint density at radius 1 is 1.24 bits per heavy atom. The van der Waals surface area contributed by atoms with E-state index in [0.717, 1.165) is 0 Å². The zero-order valence-corrected chi connectivity index (χ0v) is 13.8. The molecule has 3 aliphatic rings. The summed E-state index contributed by atoms with van der Waals surface area (Å²) in [5.41, 5.74) is 0.133. The molecule has 3 aliphatic heterocycles. The number of amidine groups is 1. The minimum Gasteiger partial charge on any atom is -0.454 e. The highest BCUT2D eigenvalue weighted by molar-refractivity contribution is 8.18. The largest absolute Gasteiger partial charge is 0.454 e. The molecule has 0 unspecified atom stereocenters. The maximum absolute atomic E-state index is 12.2. The van der Waals surface area contributed by atoms with E-state index in [-0.39, 0.29) is 18.0 Å². The lowest BCUT2D eigenvalue weighted by atomic mass is 10.1. The number of aliphatic imine (C=N–C) groups is 1. The molecular weight excluding hydrogens is 350 g/mol. The molecule has 0 aliphatic carbocycles. The monoisotopic (exact) mass is 363 g/mol. The van der Waals surface area contributed by atoms with Gasteiger partial charge in [-0.25, -0.2) is 0 Å². The lowest BCUT2D eigenvalue weighted by molar-refractivity contribution is -0.385. The number of nitro groups is 1. The molecule has 9 nitrogen and oxygen atoms in total. The Morgan fingerprint density at radius 2 is 1.96 bits per heavy atom. The molecule has 0 atom stereocenters. The van der Waals surface area contributed by atoms with Gasteiger partial charge in [0.25, 0.3) is 11.6 Å². The van der Waals surface area contributed by atoms with Crippen molar-refractivity contribution in [3.05, 3.63) is 32.7 Å². The molecule has 1 amide bonds. The highest BCUT2D eigenvalue weighted by Crippen LogP contribution is 2.40. The number of hydrogen-bond acceptors (Lipinski definition) is 8. The summed E-state index contributed by atoms with van der Waals surface area (Å²) in [5.74, 6) is 0.338. The number of thioether (sulfide) groups is 1. The molecule has 0 spiro atoms. The van der Waals surface area contributed by atoms with Gasteiger partial charge in [-0.1, -0.05) is 0 Å². The molecule has 1 saturated heterocycles. The van der Waals surface area contributed by atoms with E-state index in [1.54, 1.807) is 0 Å².